The molecule has 8 heteroatoms. The SMILES string of the molecule is CCn1c(SCC(=O)N(c2ccccc2)c2ccccc2)nnc1-c1ccc(NC(C)=O)cc1. The van der Waals surface area contributed by atoms with Gasteiger partial charge in [-0.15, -0.1) is 10.2 Å². The molecule has 0 aliphatic heterocycles. The molecule has 0 bridgehead atoms. The highest BCUT2D eigenvalue weighted by atomic mass is 32.2. The van der Waals surface area contributed by atoms with Crippen LogP contribution in [0.4, 0.5) is 17.1 Å². The number of nitrogens with one attached hydrogen (secondary N) is 1. The van der Waals surface area contributed by atoms with Crippen LogP contribution < -0.4 is 10.2 Å². The van der Waals surface area contributed by atoms with Crippen LogP contribution in [0.2, 0.25) is 0 Å². The molecule has 7 nitrogen and oxygen atoms in total. The van der Waals surface area contributed by atoms with E-state index in [1.807, 2.05) is 96.4 Å². The summed E-state index contributed by atoms with van der Waals surface area (Å²) >= 11 is 1.37. The normalized spacial score (nSPS) is 10.6. The molecular formula is C26H25N5O2S. The van der Waals surface area contributed by atoms with Crippen LogP contribution in [0, 0.1) is 0 Å². The predicted molar refractivity (Wildman–Crippen MR) is 136 cm³/mol. The molecule has 0 radical (unpaired) electrons. The molecule has 1 aromatic heterocycles. The van der Waals surface area contributed by atoms with Gasteiger partial charge in [-0.05, 0) is 55.5 Å². The van der Waals surface area contributed by atoms with Crippen LogP contribution in [-0.2, 0) is 16.1 Å². The summed E-state index contributed by atoms with van der Waals surface area (Å²) < 4.78 is 1.99. The lowest BCUT2D eigenvalue weighted by atomic mass is 10.2. The van der Waals surface area contributed by atoms with E-state index >= 15 is 0 Å². The van der Waals surface area contributed by atoms with Crippen LogP contribution in [0.25, 0.3) is 11.4 Å². The molecule has 0 unspecified atom stereocenters. The summed E-state index contributed by atoms with van der Waals surface area (Å²) in [6, 6.07) is 26.7. The zero-order chi connectivity index (χ0) is 23.9. The Bertz CT molecular complexity index is 1220. The third-order valence-corrected chi connectivity index (χ3v) is 6.05. The number of benzene rings is 3. The highest BCUT2D eigenvalue weighted by molar-refractivity contribution is 7.99. The average Bonchev–Trinajstić information content (AvgIpc) is 3.27. The average molecular weight is 472 g/mol. The molecule has 34 heavy (non-hydrogen) atoms. The minimum Gasteiger partial charge on any atom is -0.326 e. The summed E-state index contributed by atoms with van der Waals surface area (Å²) in [4.78, 5) is 26.3. The lowest BCUT2D eigenvalue weighted by Crippen LogP contribution is -2.27. The number of carbonyl (C=O) groups excluding carboxylic acids is 2. The van der Waals surface area contributed by atoms with E-state index in [1.165, 1.54) is 18.7 Å². The number of nitrogens with zero attached hydrogens (tertiary/aromatic N) is 4. The Morgan fingerprint density at radius 3 is 2.00 bits per heavy atom. The first-order valence-corrected chi connectivity index (χ1v) is 11.9. The number of para-hydroxylation sites is 2. The summed E-state index contributed by atoms with van der Waals surface area (Å²) in [7, 11) is 0. The van der Waals surface area contributed by atoms with Crippen LogP contribution in [0.15, 0.2) is 90.1 Å². The monoisotopic (exact) mass is 471 g/mol. The summed E-state index contributed by atoms with van der Waals surface area (Å²) in [6.45, 7) is 4.15. The van der Waals surface area contributed by atoms with Gasteiger partial charge in [0.05, 0.1) is 5.75 Å². The third kappa shape index (κ3) is 5.35. The van der Waals surface area contributed by atoms with Crippen molar-refractivity contribution in [3.8, 4) is 11.4 Å². The second-order valence-electron chi connectivity index (χ2n) is 7.50. The molecule has 0 aliphatic carbocycles. The molecule has 2 amide bonds. The molecule has 3 aromatic carbocycles. The van der Waals surface area contributed by atoms with Crippen molar-refractivity contribution < 1.29 is 9.59 Å². The Labute approximate surface area is 202 Å². The number of hydrogen-bond donors (Lipinski definition) is 1. The fourth-order valence-corrected chi connectivity index (χ4v) is 4.43. The molecule has 0 saturated heterocycles. The Kier molecular flexibility index (Phi) is 7.39. The van der Waals surface area contributed by atoms with Gasteiger partial charge in [0.2, 0.25) is 11.8 Å². The Morgan fingerprint density at radius 2 is 1.47 bits per heavy atom. The van der Waals surface area contributed by atoms with E-state index in [0.29, 0.717) is 11.7 Å². The highest BCUT2D eigenvalue weighted by Gasteiger charge is 2.20. The van der Waals surface area contributed by atoms with Crippen molar-refractivity contribution in [2.75, 3.05) is 16.0 Å². The maximum atomic E-state index is 13.3. The highest BCUT2D eigenvalue weighted by Crippen LogP contribution is 2.29. The molecule has 0 saturated carbocycles. The van der Waals surface area contributed by atoms with E-state index in [2.05, 4.69) is 15.5 Å². The molecule has 0 atom stereocenters. The summed E-state index contributed by atoms with van der Waals surface area (Å²) in [5, 5.41) is 12.2. The summed E-state index contributed by atoms with van der Waals surface area (Å²) in [5.74, 6) is 0.764. The fourth-order valence-electron chi connectivity index (χ4n) is 3.58. The molecular weight excluding hydrogens is 446 g/mol. The zero-order valence-electron chi connectivity index (χ0n) is 19.0. The standard InChI is InChI=1S/C26H25N5O2S/c1-3-30-25(20-14-16-21(17-15-20)27-19(2)32)28-29-26(30)34-18-24(33)31(22-10-6-4-7-11-22)23-12-8-5-9-13-23/h4-17H,3,18H2,1-2H3,(H,27,32). The van der Waals surface area contributed by atoms with Crippen LogP contribution in [-0.4, -0.2) is 32.3 Å². The Balaban J connectivity index is 1.53. The van der Waals surface area contributed by atoms with Gasteiger partial charge >= 0.3 is 0 Å². The van der Waals surface area contributed by atoms with Gasteiger partial charge in [-0.3, -0.25) is 14.5 Å². The van der Waals surface area contributed by atoms with Crippen LogP contribution >= 0.6 is 11.8 Å². The fraction of sp³-hybridized carbons (Fsp3) is 0.154. The molecule has 0 aliphatic rings. The minimum absolute atomic E-state index is 0.0470. The second-order valence-corrected chi connectivity index (χ2v) is 8.44. The van der Waals surface area contributed by atoms with Crippen molar-refractivity contribution in [3.63, 3.8) is 0 Å². The van der Waals surface area contributed by atoms with Crippen molar-refractivity contribution in [1.82, 2.24) is 14.8 Å². The third-order valence-electron chi connectivity index (χ3n) is 5.10. The lowest BCUT2D eigenvalue weighted by molar-refractivity contribution is -0.115. The number of aromatic nitrogens is 3. The molecule has 4 aromatic rings. The van der Waals surface area contributed by atoms with Gasteiger partial charge in [0.25, 0.3) is 0 Å². The van der Waals surface area contributed by atoms with Gasteiger partial charge in [-0.2, -0.15) is 0 Å². The number of thioether (sulfide) groups is 1. The molecule has 4 rings (SSSR count). The van der Waals surface area contributed by atoms with E-state index in [1.54, 1.807) is 4.90 Å². The summed E-state index contributed by atoms with van der Waals surface area (Å²) in [5.41, 5.74) is 3.24. The number of hydrogen-bond acceptors (Lipinski definition) is 5. The first kappa shape index (κ1) is 23.3. The minimum atomic E-state index is -0.118. The molecule has 1 N–H and O–H groups in total. The van der Waals surface area contributed by atoms with Gasteiger partial charge in [0.15, 0.2) is 11.0 Å². The van der Waals surface area contributed by atoms with Crippen molar-refractivity contribution in [1.29, 1.82) is 0 Å². The van der Waals surface area contributed by atoms with E-state index < -0.39 is 0 Å². The van der Waals surface area contributed by atoms with Gasteiger partial charge in [0, 0.05) is 36.1 Å². The number of carbonyl (C=O) groups is 2. The number of anilines is 3. The molecule has 1 heterocycles. The maximum Gasteiger partial charge on any atom is 0.242 e. The summed E-state index contributed by atoms with van der Waals surface area (Å²) in [6.07, 6.45) is 0. The number of amides is 2. The van der Waals surface area contributed by atoms with E-state index in [0.717, 1.165) is 28.5 Å². The Hall–Kier alpha value is -3.91. The zero-order valence-corrected chi connectivity index (χ0v) is 19.8. The second kappa shape index (κ2) is 10.8. The predicted octanol–water partition coefficient (Wildman–Crippen LogP) is 5.38. The van der Waals surface area contributed by atoms with Crippen LogP contribution in [0.5, 0.6) is 0 Å². The van der Waals surface area contributed by atoms with Crippen LogP contribution in [0.1, 0.15) is 13.8 Å². The number of rotatable bonds is 8. The van der Waals surface area contributed by atoms with Gasteiger partial charge in [0.1, 0.15) is 0 Å². The van der Waals surface area contributed by atoms with Gasteiger partial charge in [-0.25, -0.2) is 0 Å². The van der Waals surface area contributed by atoms with Crippen LogP contribution in [0.3, 0.4) is 0 Å². The van der Waals surface area contributed by atoms with E-state index in [9.17, 15) is 9.59 Å². The van der Waals surface area contributed by atoms with E-state index in [-0.39, 0.29) is 17.6 Å². The first-order chi connectivity index (χ1) is 16.6. The topological polar surface area (TPSA) is 80.1 Å². The lowest BCUT2D eigenvalue weighted by Gasteiger charge is -2.23. The Morgan fingerprint density at radius 1 is 0.882 bits per heavy atom. The molecule has 0 fully saturated rings. The quantitative estimate of drug-likeness (QED) is 0.349. The van der Waals surface area contributed by atoms with Gasteiger partial charge < -0.3 is 9.88 Å². The van der Waals surface area contributed by atoms with Crippen molar-refractivity contribution in [2.45, 2.75) is 25.5 Å². The first-order valence-electron chi connectivity index (χ1n) is 10.9. The van der Waals surface area contributed by atoms with Crippen molar-refractivity contribution >= 4 is 40.6 Å². The van der Waals surface area contributed by atoms with Gasteiger partial charge in [-0.1, -0.05) is 48.2 Å². The molecule has 0 spiro atoms. The van der Waals surface area contributed by atoms with E-state index in [4.69, 9.17) is 0 Å². The van der Waals surface area contributed by atoms with Crippen molar-refractivity contribution in [2.24, 2.45) is 0 Å². The maximum absolute atomic E-state index is 13.3. The smallest absolute Gasteiger partial charge is 0.242 e. The largest absolute Gasteiger partial charge is 0.326 e. The van der Waals surface area contributed by atoms with Crippen molar-refractivity contribution in [3.05, 3.63) is 84.9 Å². The molecule has 172 valence electrons.